The summed E-state index contributed by atoms with van der Waals surface area (Å²) < 4.78 is 12.4. The number of nitrogens with zero attached hydrogens (tertiary/aromatic N) is 2. The summed E-state index contributed by atoms with van der Waals surface area (Å²) in [5.41, 5.74) is 4.93. The molecule has 0 amide bonds. The average Bonchev–Trinajstić information content (AvgIpc) is 3.19. The molecule has 1 N–H and O–H groups in total. The first-order valence-electron chi connectivity index (χ1n) is 8.31. The van der Waals surface area contributed by atoms with Gasteiger partial charge in [-0.2, -0.15) is 5.10 Å². The van der Waals surface area contributed by atoms with E-state index in [1.54, 1.807) is 25.0 Å². The second-order valence-electron chi connectivity index (χ2n) is 6.37. The number of hydrogen-bond donors (Lipinski definition) is 1. The number of rotatable bonds is 4. The van der Waals surface area contributed by atoms with E-state index in [4.69, 9.17) is 21.1 Å². The molecule has 27 heavy (non-hydrogen) atoms. The van der Waals surface area contributed by atoms with Crippen LogP contribution in [0, 0.1) is 6.92 Å². The van der Waals surface area contributed by atoms with Gasteiger partial charge in [0.25, 0.3) is 0 Å². The summed E-state index contributed by atoms with van der Waals surface area (Å²) in [4.78, 5) is 11.8. The fraction of sp³-hybridized carbons (Fsp3) is 0.200. The van der Waals surface area contributed by atoms with E-state index in [-0.39, 0.29) is 5.69 Å². The van der Waals surface area contributed by atoms with Gasteiger partial charge in [-0.1, -0.05) is 17.7 Å². The molecule has 0 spiro atoms. The number of aromatic nitrogens is 2. The third-order valence-corrected chi connectivity index (χ3v) is 5.22. The molecule has 4 rings (SSSR count). The predicted octanol–water partition coefficient (Wildman–Crippen LogP) is 4.12. The van der Waals surface area contributed by atoms with Crippen molar-refractivity contribution in [3.63, 3.8) is 0 Å². The smallest absolute Gasteiger partial charge is 0.356 e. The predicted molar refractivity (Wildman–Crippen MR) is 102 cm³/mol. The molecule has 1 aliphatic carbocycles. The molecular weight excluding hydrogens is 368 g/mol. The first-order valence-corrected chi connectivity index (χ1v) is 8.69. The summed E-state index contributed by atoms with van der Waals surface area (Å²) >= 11 is 6.28. The highest BCUT2D eigenvalue weighted by Gasteiger charge is 2.32. The van der Waals surface area contributed by atoms with Gasteiger partial charge in [0.05, 0.1) is 25.6 Å². The van der Waals surface area contributed by atoms with Gasteiger partial charge < -0.3 is 14.6 Å². The molecule has 0 saturated carbocycles. The van der Waals surface area contributed by atoms with Crippen molar-refractivity contribution in [1.82, 2.24) is 9.78 Å². The van der Waals surface area contributed by atoms with E-state index in [0.717, 1.165) is 22.4 Å². The molecule has 0 radical (unpaired) electrons. The number of carboxylic acids is 1. The zero-order valence-electron chi connectivity index (χ0n) is 15.0. The molecule has 0 unspecified atom stereocenters. The highest BCUT2D eigenvalue weighted by molar-refractivity contribution is 6.31. The number of carbonyl (C=O) groups is 1. The molecule has 138 valence electrons. The highest BCUT2D eigenvalue weighted by atomic mass is 35.5. The Morgan fingerprint density at radius 1 is 1.19 bits per heavy atom. The van der Waals surface area contributed by atoms with Crippen molar-refractivity contribution in [2.45, 2.75) is 13.3 Å². The number of hydrogen-bond acceptors (Lipinski definition) is 4. The van der Waals surface area contributed by atoms with Crippen LogP contribution in [0.2, 0.25) is 5.02 Å². The second-order valence-corrected chi connectivity index (χ2v) is 6.77. The SMILES string of the molecule is COc1cc2c(cc1OC)-c1c(c(C(=O)O)nn1-c1ccc(C)c(Cl)c1)C2. The van der Waals surface area contributed by atoms with Crippen LogP contribution in [-0.2, 0) is 6.42 Å². The normalized spacial score (nSPS) is 11.9. The number of halogens is 1. The van der Waals surface area contributed by atoms with E-state index in [1.807, 2.05) is 31.2 Å². The Kier molecular flexibility index (Phi) is 4.08. The van der Waals surface area contributed by atoms with Crippen molar-refractivity contribution in [3.05, 3.63) is 57.7 Å². The van der Waals surface area contributed by atoms with Gasteiger partial charge in [-0.15, -0.1) is 0 Å². The lowest BCUT2D eigenvalue weighted by atomic mass is 10.1. The van der Waals surface area contributed by atoms with Gasteiger partial charge in [0.15, 0.2) is 17.2 Å². The molecule has 1 aliphatic rings. The Morgan fingerprint density at radius 2 is 1.89 bits per heavy atom. The molecule has 0 saturated heterocycles. The maximum Gasteiger partial charge on any atom is 0.356 e. The summed E-state index contributed by atoms with van der Waals surface area (Å²) in [6.45, 7) is 1.91. The number of methoxy groups -OCH3 is 2. The number of aromatic carboxylic acids is 1. The van der Waals surface area contributed by atoms with Gasteiger partial charge >= 0.3 is 5.97 Å². The van der Waals surface area contributed by atoms with Crippen molar-refractivity contribution in [2.24, 2.45) is 0 Å². The lowest BCUT2D eigenvalue weighted by molar-refractivity contribution is 0.0689. The molecule has 1 heterocycles. The Bertz CT molecular complexity index is 1090. The number of ether oxygens (including phenoxy) is 2. The van der Waals surface area contributed by atoms with Gasteiger partial charge in [-0.25, -0.2) is 9.48 Å². The van der Waals surface area contributed by atoms with Crippen LogP contribution in [0.5, 0.6) is 11.5 Å². The number of carboxylic acid groups (broad SMARTS) is 1. The van der Waals surface area contributed by atoms with E-state index < -0.39 is 5.97 Å². The minimum Gasteiger partial charge on any atom is -0.493 e. The lowest BCUT2D eigenvalue weighted by Gasteiger charge is -2.12. The number of fused-ring (bicyclic) bond motifs is 3. The third-order valence-electron chi connectivity index (χ3n) is 4.82. The van der Waals surface area contributed by atoms with E-state index in [2.05, 4.69) is 5.10 Å². The zero-order valence-corrected chi connectivity index (χ0v) is 15.8. The van der Waals surface area contributed by atoms with Crippen LogP contribution in [0.4, 0.5) is 0 Å². The molecule has 0 fully saturated rings. The summed E-state index contributed by atoms with van der Waals surface area (Å²) in [6.07, 6.45) is 0.465. The van der Waals surface area contributed by atoms with Crippen LogP contribution >= 0.6 is 11.6 Å². The Labute approximate surface area is 160 Å². The maximum atomic E-state index is 11.8. The number of benzene rings is 2. The highest BCUT2D eigenvalue weighted by Crippen LogP contribution is 2.44. The zero-order chi connectivity index (χ0) is 19.3. The van der Waals surface area contributed by atoms with Crippen molar-refractivity contribution < 1.29 is 19.4 Å². The van der Waals surface area contributed by atoms with Gasteiger partial charge in [0.1, 0.15) is 0 Å². The van der Waals surface area contributed by atoms with Crippen LogP contribution in [0.3, 0.4) is 0 Å². The molecule has 0 bridgehead atoms. The quantitative estimate of drug-likeness (QED) is 0.573. The summed E-state index contributed by atoms with van der Waals surface area (Å²) in [5, 5.41) is 14.6. The standard InChI is InChI=1S/C20H17ClN2O4/c1-10-4-5-12(8-15(10)21)23-19-13-9-17(27-3)16(26-2)7-11(13)6-14(19)18(22-23)20(24)25/h4-5,7-9H,6H2,1-3H3,(H,24,25). The van der Waals surface area contributed by atoms with Crippen molar-refractivity contribution in [2.75, 3.05) is 14.2 Å². The minimum atomic E-state index is -1.06. The monoisotopic (exact) mass is 384 g/mol. The Morgan fingerprint density at radius 3 is 2.52 bits per heavy atom. The molecule has 0 aliphatic heterocycles. The maximum absolute atomic E-state index is 11.8. The van der Waals surface area contributed by atoms with Crippen LogP contribution in [0.25, 0.3) is 16.9 Å². The van der Waals surface area contributed by atoms with Gasteiger partial charge in [0.2, 0.25) is 0 Å². The number of aryl methyl sites for hydroxylation is 1. The largest absolute Gasteiger partial charge is 0.493 e. The van der Waals surface area contributed by atoms with E-state index in [9.17, 15) is 9.90 Å². The van der Waals surface area contributed by atoms with Crippen LogP contribution < -0.4 is 9.47 Å². The molecule has 3 aromatic rings. The third kappa shape index (κ3) is 2.64. The van der Waals surface area contributed by atoms with Crippen LogP contribution in [-0.4, -0.2) is 35.1 Å². The summed E-state index contributed by atoms with van der Waals surface area (Å²) in [5.74, 6) is 0.127. The first kappa shape index (κ1) is 17.4. The topological polar surface area (TPSA) is 73.6 Å². The summed E-state index contributed by atoms with van der Waals surface area (Å²) in [7, 11) is 3.14. The van der Waals surface area contributed by atoms with Gasteiger partial charge in [-0.3, -0.25) is 0 Å². The fourth-order valence-electron chi connectivity index (χ4n) is 3.44. The van der Waals surface area contributed by atoms with Gasteiger partial charge in [0, 0.05) is 22.6 Å². The molecule has 7 heteroatoms. The Balaban J connectivity index is 1.99. The van der Waals surface area contributed by atoms with E-state index in [1.165, 1.54) is 0 Å². The first-order chi connectivity index (χ1) is 12.9. The second kappa shape index (κ2) is 6.32. The van der Waals surface area contributed by atoms with Crippen molar-refractivity contribution in [3.8, 4) is 28.4 Å². The van der Waals surface area contributed by atoms with Gasteiger partial charge in [-0.05, 0) is 42.3 Å². The summed E-state index contributed by atoms with van der Waals surface area (Å²) in [6, 6.07) is 9.29. The molecule has 6 nitrogen and oxygen atoms in total. The Hall–Kier alpha value is -2.99. The molecule has 0 atom stereocenters. The minimum absolute atomic E-state index is 0.0378. The fourth-order valence-corrected chi connectivity index (χ4v) is 3.62. The lowest BCUT2D eigenvalue weighted by Crippen LogP contribution is -2.04. The van der Waals surface area contributed by atoms with Crippen LogP contribution in [0.1, 0.15) is 27.2 Å². The molecule has 1 aromatic heterocycles. The van der Waals surface area contributed by atoms with E-state index in [0.29, 0.717) is 34.2 Å². The van der Waals surface area contributed by atoms with Crippen molar-refractivity contribution in [1.29, 1.82) is 0 Å². The molecular formula is C20H17ClN2O4. The van der Waals surface area contributed by atoms with Crippen LogP contribution in [0.15, 0.2) is 30.3 Å². The average molecular weight is 385 g/mol. The molecule has 2 aromatic carbocycles. The van der Waals surface area contributed by atoms with E-state index >= 15 is 0 Å². The van der Waals surface area contributed by atoms with Crippen molar-refractivity contribution >= 4 is 17.6 Å².